The number of nitrogens with zero attached hydrogens (tertiary/aromatic N) is 1. The first-order valence-corrected chi connectivity index (χ1v) is 6.40. The lowest BCUT2D eigenvalue weighted by atomic mass is 10.00. The van der Waals surface area contributed by atoms with E-state index in [0.29, 0.717) is 5.56 Å². The molecule has 1 aromatic carbocycles. The van der Waals surface area contributed by atoms with Crippen LogP contribution in [0, 0.1) is 11.3 Å². The number of hydrogen-bond donors (Lipinski definition) is 1. The lowest BCUT2D eigenvalue weighted by Crippen LogP contribution is -2.30. The van der Waals surface area contributed by atoms with Crippen molar-refractivity contribution in [3.8, 4) is 6.07 Å². The number of nitrogens with one attached hydrogen (secondary N) is 1. The van der Waals surface area contributed by atoms with Gasteiger partial charge in [0.15, 0.2) is 0 Å². The van der Waals surface area contributed by atoms with Gasteiger partial charge in [0.05, 0.1) is 11.6 Å². The largest absolute Gasteiger partial charge is 0.379 e. The van der Waals surface area contributed by atoms with Crippen molar-refractivity contribution in [3.05, 3.63) is 28.2 Å². The maximum absolute atomic E-state index is 8.80. The van der Waals surface area contributed by atoms with Crippen molar-refractivity contribution in [2.45, 2.75) is 38.1 Å². The van der Waals surface area contributed by atoms with E-state index in [9.17, 15) is 0 Å². The summed E-state index contributed by atoms with van der Waals surface area (Å²) in [5, 5.41) is 12.4. The molecule has 0 heterocycles. The van der Waals surface area contributed by atoms with Gasteiger partial charge < -0.3 is 5.32 Å². The summed E-state index contributed by atoms with van der Waals surface area (Å²) in [4.78, 5) is 0. The zero-order chi connectivity index (χ0) is 11.6. The summed E-state index contributed by atoms with van der Waals surface area (Å²) < 4.78 is 0.972. The summed E-state index contributed by atoms with van der Waals surface area (Å²) in [6.07, 6.45) is 5.05. The van der Waals surface area contributed by atoms with Crippen LogP contribution in [-0.2, 0) is 0 Å². The van der Waals surface area contributed by atoms with E-state index in [-0.39, 0.29) is 5.54 Å². The molecule has 0 aromatic heterocycles. The van der Waals surface area contributed by atoms with Gasteiger partial charge in [0.2, 0.25) is 0 Å². The second-order valence-electron chi connectivity index (χ2n) is 4.70. The van der Waals surface area contributed by atoms with Crippen LogP contribution in [-0.4, -0.2) is 5.54 Å². The molecule has 3 heteroatoms. The molecule has 0 spiro atoms. The summed E-state index contributed by atoms with van der Waals surface area (Å²) in [6, 6.07) is 7.83. The zero-order valence-electron chi connectivity index (χ0n) is 9.39. The van der Waals surface area contributed by atoms with Crippen molar-refractivity contribution >= 4 is 21.6 Å². The highest BCUT2D eigenvalue weighted by atomic mass is 79.9. The fourth-order valence-corrected chi connectivity index (χ4v) is 2.77. The molecule has 1 aliphatic carbocycles. The Hall–Kier alpha value is -1.01. The summed E-state index contributed by atoms with van der Waals surface area (Å²) >= 11 is 3.51. The molecule has 1 N–H and O–H groups in total. The summed E-state index contributed by atoms with van der Waals surface area (Å²) in [5.74, 6) is 0. The Morgan fingerprint density at radius 3 is 2.62 bits per heavy atom. The Balaban J connectivity index is 2.19. The van der Waals surface area contributed by atoms with Gasteiger partial charge in [-0.3, -0.25) is 0 Å². The molecule has 16 heavy (non-hydrogen) atoms. The molecule has 0 radical (unpaired) electrons. The molecule has 1 aromatic rings. The molecular formula is C13H15BrN2. The molecule has 84 valence electrons. The Kier molecular flexibility index (Phi) is 3.20. The third kappa shape index (κ3) is 2.38. The van der Waals surface area contributed by atoms with E-state index in [1.165, 1.54) is 25.7 Å². The van der Waals surface area contributed by atoms with Crippen LogP contribution in [0.15, 0.2) is 22.7 Å². The Morgan fingerprint density at radius 1 is 1.38 bits per heavy atom. The van der Waals surface area contributed by atoms with Crippen LogP contribution in [0.2, 0.25) is 0 Å². The van der Waals surface area contributed by atoms with Gasteiger partial charge in [-0.25, -0.2) is 0 Å². The fraction of sp³-hybridized carbons (Fsp3) is 0.462. The molecule has 2 rings (SSSR count). The predicted molar refractivity (Wildman–Crippen MR) is 69.4 cm³/mol. The first-order chi connectivity index (χ1) is 7.63. The van der Waals surface area contributed by atoms with E-state index < -0.39 is 0 Å². The third-order valence-electron chi connectivity index (χ3n) is 3.24. The molecule has 2 nitrogen and oxygen atoms in total. The van der Waals surface area contributed by atoms with Crippen LogP contribution < -0.4 is 5.32 Å². The van der Waals surface area contributed by atoms with Crippen LogP contribution in [0.5, 0.6) is 0 Å². The predicted octanol–water partition coefficient (Wildman–Crippen LogP) is 4.07. The molecule has 1 saturated carbocycles. The minimum Gasteiger partial charge on any atom is -0.379 e. The molecule has 0 bridgehead atoms. The molecule has 1 fully saturated rings. The molecule has 0 atom stereocenters. The SMILES string of the molecule is CC1(Nc2ccc(C#N)cc2Br)CCCC1. The molecule has 1 aliphatic rings. The average molecular weight is 279 g/mol. The Morgan fingerprint density at radius 2 is 2.06 bits per heavy atom. The average Bonchev–Trinajstić information content (AvgIpc) is 2.68. The van der Waals surface area contributed by atoms with Crippen molar-refractivity contribution in [2.24, 2.45) is 0 Å². The second kappa shape index (κ2) is 4.47. The van der Waals surface area contributed by atoms with Crippen molar-refractivity contribution < 1.29 is 0 Å². The van der Waals surface area contributed by atoms with E-state index in [1.54, 1.807) is 0 Å². The highest BCUT2D eigenvalue weighted by molar-refractivity contribution is 9.10. The van der Waals surface area contributed by atoms with Crippen molar-refractivity contribution in [3.63, 3.8) is 0 Å². The lowest BCUT2D eigenvalue weighted by Gasteiger charge is -2.27. The fourth-order valence-electron chi connectivity index (χ4n) is 2.29. The number of rotatable bonds is 2. The van der Waals surface area contributed by atoms with Crippen LogP contribution in [0.1, 0.15) is 38.2 Å². The molecule has 0 amide bonds. The van der Waals surface area contributed by atoms with Gasteiger partial charge >= 0.3 is 0 Å². The summed E-state index contributed by atoms with van der Waals surface area (Å²) in [6.45, 7) is 2.27. The molecule has 0 unspecified atom stereocenters. The number of anilines is 1. The summed E-state index contributed by atoms with van der Waals surface area (Å²) in [5.41, 5.74) is 1.99. The summed E-state index contributed by atoms with van der Waals surface area (Å²) in [7, 11) is 0. The van der Waals surface area contributed by atoms with Gasteiger partial charge in [-0.2, -0.15) is 5.26 Å². The normalized spacial score (nSPS) is 18.1. The van der Waals surface area contributed by atoms with Gasteiger partial charge in [0, 0.05) is 15.7 Å². The van der Waals surface area contributed by atoms with E-state index in [4.69, 9.17) is 5.26 Å². The van der Waals surface area contributed by atoms with Gasteiger partial charge in [0.1, 0.15) is 0 Å². The van der Waals surface area contributed by atoms with Crippen LogP contribution in [0.25, 0.3) is 0 Å². The van der Waals surface area contributed by atoms with Crippen molar-refractivity contribution in [1.82, 2.24) is 0 Å². The van der Waals surface area contributed by atoms with E-state index in [2.05, 4.69) is 34.2 Å². The maximum atomic E-state index is 8.80. The highest BCUT2D eigenvalue weighted by Gasteiger charge is 2.28. The first kappa shape index (κ1) is 11.5. The third-order valence-corrected chi connectivity index (χ3v) is 3.90. The first-order valence-electron chi connectivity index (χ1n) is 5.61. The van der Waals surface area contributed by atoms with Crippen LogP contribution in [0.3, 0.4) is 0 Å². The number of hydrogen-bond acceptors (Lipinski definition) is 2. The Bertz CT molecular complexity index is 428. The van der Waals surface area contributed by atoms with Crippen molar-refractivity contribution in [2.75, 3.05) is 5.32 Å². The van der Waals surface area contributed by atoms with E-state index in [0.717, 1.165) is 10.2 Å². The highest BCUT2D eigenvalue weighted by Crippen LogP contribution is 2.35. The minimum absolute atomic E-state index is 0.219. The van der Waals surface area contributed by atoms with Crippen molar-refractivity contribution in [1.29, 1.82) is 5.26 Å². The smallest absolute Gasteiger partial charge is 0.0992 e. The number of benzene rings is 1. The van der Waals surface area contributed by atoms with Gasteiger partial charge in [0.25, 0.3) is 0 Å². The minimum atomic E-state index is 0.219. The zero-order valence-corrected chi connectivity index (χ0v) is 11.0. The topological polar surface area (TPSA) is 35.8 Å². The molecule has 0 aliphatic heterocycles. The number of nitriles is 1. The van der Waals surface area contributed by atoms with Gasteiger partial charge in [-0.15, -0.1) is 0 Å². The maximum Gasteiger partial charge on any atom is 0.0992 e. The van der Waals surface area contributed by atoms with Gasteiger partial charge in [-0.05, 0) is 53.9 Å². The van der Waals surface area contributed by atoms with E-state index in [1.807, 2.05) is 18.2 Å². The quantitative estimate of drug-likeness (QED) is 0.885. The van der Waals surface area contributed by atoms with Crippen LogP contribution >= 0.6 is 15.9 Å². The van der Waals surface area contributed by atoms with E-state index >= 15 is 0 Å². The standard InChI is InChI=1S/C13H15BrN2/c1-13(6-2-3-7-13)16-12-5-4-10(9-15)8-11(12)14/h4-5,8,16H,2-3,6-7H2,1H3. The monoisotopic (exact) mass is 278 g/mol. The second-order valence-corrected chi connectivity index (χ2v) is 5.55. The molecular weight excluding hydrogens is 264 g/mol. The van der Waals surface area contributed by atoms with Crippen LogP contribution in [0.4, 0.5) is 5.69 Å². The number of halogens is 1. The molecule has 0 saturated heterocycles. The lowest BCUT2D eigenvalue weighted by molar-refractivity contribution is 0.533. The van der Waals surface area contributed by atoms with Gasteiger partial charge in [-0.1, -0.05) is 12.8 Å². The Labute approximate surface area is 105 Å².